The van der Waals surface area contributed by atoms with Crippen LogP contribution in [0.4, 0.5) is 0 Å². The lowest BCUT2D eigenvalue weighted by atomic mass is 10.1. The molecule has 104 valence electrons. The second-order valence-electron chi connectivity index (χ2n) is 4.88. The largest absolute Gasteiger partial charge is 0.496 e. The molecule has 0 atom stereocenters. The summed E-state index contributed by atoms with van der Waals surface area (Å²) in [4.78, 5) is 4.76. The topological polar surface area (TPSA) is 22.1 Å². The van der Waals surface area contributed by atoms with Gasteiger partial charge >= 0.3 is 0 Å². The number of ether oxygens (including phenoxy) is 1. The molecule has 2 rings (SSSR count). The van der Waals surface area contributed by atoms with E-state index in [4.69, 9.17) is 9.72 Å². The summed E-state index contributed by atoms with van der Waals surface area (Å²) in [6.45, 7) is 6.30. The van der Waals surface area contributed by atoms with Gasteiger partial charge < -0.3 is 4.74 Å². The molecule has 0 saturated carbocycles. The molecule has 0 aliphatic rings. The van der Waals surface area contributed by atoms with Gasteiger partial charge in [0, 0.05) is 10.0 Å². The third kappa shape index (κ3) is 3.10. The van der Waals surface area contributed by atoms with E-state index in [1.807, 2.05) is 36.4 Å². The molecule has 0 saturated heterocycles. The molecule has 1 heterocycles. The van der Waals surface area contributed by atoms with E-state index in [1.54, 1.807) is 7.11 Å². The molecule has 0 spiro atoms. The first-order valence-electron chi connectivity index (χ1n) is 6.48. The Kier molecular flexibility index (Phi) is 4.61. The minimum absolute atomic E-state index is 0.827. The highest BCUT2D eigenvalue weighted by Crippen LogP contribution is 2.32. The van der Waals surface area contributed by atoms with Crippen molar-refractivity contribution < 1.29 is 4.74 Å². The molecule has 0 amide bonds. The minimum atomic E-state index is 0.827. The first kappa shape index (κ1) is 14.8. The number of hydrogen-bond acceptors (Lipinski definition) is 2. The predicted octanol–water partition coefficient (Wildman–Crippen LogP) is 5.33. The summed E-state index contributed by atoms with van der Waals surface area (Å²) in [5.74, 6) is 0.827. The molecule has 1 aromatic heterocycles. The number of pyridine rings is 1. The maximum atomic E-state index is 5.43. The fourth-order valence-electron chi connectivity index (χ4n) is 1.93. The van der Waals surface area contributed by atoms with E-state index in [9.17, 15) is 0 Å². The van der Waals surface area contributed by atoms with Crippen molar-refractivity contribution >= 4 is 21.5 Å². The van der Waals surface area contributed by atoms with E-state index < -0.39 is 0 Å². The van der Waals surface area contributed by atoms with Gasteiger partial charge in [-0.15, -0.1) is 0 Å². The normalized spacial score (nSPS) is 10.2. The molecule has 0 radical (unpaired) electrons. The van der Waals surface area contributed by atoms with Gasteiger partial charge in [-0.3, -0.25) is 0 Å². The summed E-state index contributed by atoms with van der Waals surface area (Å²) in [6, 6.07) is 12.0. The molecule has 2 nitrogen and oxygen atoms in total. The summed E-state index contributed by atoms with van der Waals surface area (Å²) in [6.07, 6.45) is 0. The van der Waals surface area contributed by atoms with Gasteiger partial charge in [0.2, 0.25) is 0 Å². The summed E-state index contributed by atoms with van der Waals surface area (Å²) < 4.78 is 6.44. The number of nitrogens with zero attached hydrogens (tertiary/aromatic N) is 1. The lowest BCUT2D eigenvalue weighted by molar-refractivity contribution is 0.416. The highest BCUT2D eigenvalue weighted by Gasteiger charge is 2.09. The molecule has 0 aliphatic carbocycles. The maximum absolute atomic E-state index is 5.43. The lowest BCUT2D eigenvalue weighted by Gasteiger charge is -2.10. The third-order valence-corrected chi connectivity index (χ3v) is 3.81. The summed E-state index contributed by atoms with van der Waals surface area (Å²) >= 11 is 3.50. The molecule has 0 N–H and O–H groups in total. The zero-order valence-electron chi connectivity index (χ0n) is 12.2. The van der Waals surface area contributed by atoms with Gasteiger partial charge in [-0.25, -0.2) is 4.98 Å². The zero-order valence-corrected chi connectivity index (χ0v) is 13.8. The number of rotatable bonds is 3. The average Bonchev–Trinajstić information content (AvgIpc) is 2.46. The van der Waals surface area contributed by atoms with Crippen LogP contribution in [0, 0.1) is 0 Å². The third-order valence-electron chi connectivity index (χ3n) is 3.32. The van der Waals surface area contributed by atoms with Gasteiger partial charge in [0.05, 0.1) is 18.5 Å². The predicted molar refractivity (Wildman–Crippen MR) is 87.9 cm³/mol. The molecule has 2 aromatic rings. The van der Waals surface area contributed by atoms with Crippen molar-refractivity contribution in [3.63, 3.8) is 0 Å². The first-order chi connectivity index (χ1) is 9.52. The van der Waals surface area contributed by atoms with E-state index in [1.165, 1.54) is 11.1 Å². The smallest absolute Gasteiger partial charge is 0.128 e. The van der Waals surface area contributed by atoms with Crippen LogP contribution in [-0.4, -0.2) is 12.1 Å². The summed E-state index contributed by atoms with van der Waals surface area (Å²) in [5.41, 5.74) is 5.40. The molecule has 0 fully saturated rings. The molecular weight excluding hydrogens is 314 g/mol. The van der Waals surface area contributed by atoms with Crippen LogP contribution in [0.3, 0.4) is 0 Å². The standard InChI is InChI=1S/C17H18BrNO/c1-11(2)12(3)15-6-5-7-16(19-15)14-10-13(18)8-9-17(14)20-4/h5-10H,1-4H3. The number of benzene rings is 1. The highest BCUT2D eigenvalue weighted by molar-refractivity contribution is 9.10. The minimum Gasteiger partial charge on any atom is -0.496 e. The number of hydrogen-bond donors (Lipinski definition) is 0. The van der Waals surface area contributed by atoms with Gasteiger partial charge in [0.1, 0.15) is 5.75 Å². The lowest BCUT2D eigenvalue weighted by Crippen LogP contribution is -1.94. The molecule has 0 aliphatic heterocycles. The number of allylic oxidation sites excluding steroid dienone is 2. The van der Waals surface area contributed by atoms with Crippen LogP contribution in [0.1, 0.15) is 26.5 Å². The van der Waals surface area contributed by atoms with Gasteiger partial charge in [-0.1, -0.05) is 27.6 Å². The highest BCUT2D eigenvalue weighted by atomic mass is 79.9. The van der Waals surface area contributed by atoms with Crippen molar-refractivity contribution in [2.45, 2.75) is 20.8 Å². The average molecular weight is 332 g/mol. The molecule has 0 unspecified atom stereocenters. The van der Waals surface area contributed by atoms with Crippen molar-refractivity contribution in [2.75, 3.05) is 7.11 Å². The van der Waals surface area contributed by atoms with Crippen LogP contribution >= 0.6 is 15.9 Å². The molecule has 1 aromatic carbocycles. The SMILES string of the molecule is COc1ccc(Br)cc1-c1cccc(C(C)=C(C)C)n1. The molecule has 3 heteroatoms. The van der Waals surface area contributed by atoms with Crippen molar-refractivity contribution in [2.24, 2.45) is 0 Å². The Morgan fingerprint density at radius 2 is 1.85 bits per heavy atom. The van der Waals surface area contributed by atoms with Crippen LogP contribution in [0.15, 0.2) is 46.4 Å². The Morgan fingerprint density at radius 1 is 1.10 bits per heavy atom. The van der Waals surface area contributed by atoms with Crippen LogP contribution in [0.5, 0.6) is 5.75 Å². The fraction of sp³-hybridized carbons (Fsp3) is 0.235. The Bertz CT molecular complexity index is 658. The van der Waals surface area contributed by atoms with Crippen molar-refractivity contribution in [3.05, 3.63) is 52.1 Å². The van der Waals surface area contributed by atoms with E-state index in [0.29, 0.717) is 0 Å². The summed E-state index contributed by atoms with van der Waals surface area (Å²) in [5, 5.41) is 0. The Balaban J connectivity index is 2.57. The van der Waals surface area contributed by atoms with Crippen molar-refractivity contribution in [3.8, 4) is 17.0 Å². The maximum Gasteiger partial charge on any atom is 0.128 e. The van der Waals surface area contributed by atoms with Gasteiger partial charge in [-0.2, -0.15) is 0 Å². The molecule has 0 bridgehead atoms. The monoisotopic (exact) mass is 331 g/mol. The van der Waals surface area contributed by atoms with Crippen molar-refractivity contribution in [1.29, 1.82) is 0 Å². The first-order valence-corrected chi connectivity index (χ1v) is 7.27. The van der Waals surface area contributed by atoms with E-state index >= 15 is 0 Å². The quantitative estimate of drug-likeness (QED) is 0.757. The Labute approximate surface area is 128 Å². The Hall–Kier alpha value is -1.61. The van der Waals surface area contributed by atoms with Gasteiger partial charge in [0.25, 0.3) is 0 Å². The Morgan fingerprint density at radius 3 is 2.50 bits per heavy atom. The molecule has 20 heavy (non-hydrogen) atoms. The zero-order chi connectivity index (χ0) is 14.7. The second-order valence-corrected chi connectivity index (χ2v) is 5.79. The van der Waals surface area contributed by atoms with Gasteiger partial charge in [-0.05, 0) is 56.7 Å². The van der Waals surface area contributed by atoms with Crippen LogP contribution in [0.25, 0.3) is 16.8 Å². The van der Waals surface area contributed by atoms with E-state index in [-0.39, 0.29) is 0 Å². The fourth-order valence-corrected chi connectivity index (χ4v) is 2.29. The number of aromatic nitrogens is 1. The van der Waals surface area contributed by atoms with Crippen molar-refractivity contribution in [1.82, 2.24) is 4.98 Å². The van der Waals surface area contributed by atoms with Gasteiger partial charge in [0.15, 0.2) is 0 Å². The number of halogens is 1. The van der Waals surface area contributed by atoms with Crippen LogP contribution in [-0.2, 0) is 0 Å². The van der Waals surface area contributed by atoms with E-state index in [0.717, 1.165) is 27.2 Å². The van der Waals surface area contributed by atoms with E-state index in [2.05, 4.69) is 36.7 Å². The summed E-state index contributed by atoms with van der Waals surface area (Å²) in [7, 11) is 1.68. The number of methoxy groups -OCH3 is 1. The van der Waals surface area contributed by atoms with Crippen LogP contribution < -0.4 is 4.74 Å². The molecular formula is C17H18BrNO. The van der Waals surface area contributed by atoms with Crippen LogP contribution in [0.2, 0.25) is 0 Å². The second kappa shape index (κ2) is 6.23.